The van der Waals surface area contributed by atoms with E-state index in [1.807, 2.05) is 34.1 Å². The summed E-state index contributed by atoms with van der Waals surface area (Å²) in [5, 5.41) is 5.69. The van der Waals surface area contributed by atoms with Crippen LogP contribution >= 0.6 is 0 Å². The molecule has 172 valence electrons. The van der Waals surface area contributed by atoms with E-state index in [1.165, 1.54) is 0 Å². The molecule has 33 heavy (non-hydrogen) atoms. The van der Waals surface area contributed by atoms with Crippen LogP contribution in [0.3, 0.4) is 0 Å². The van der Waals surface area contributed by atoms with Crippen LogP contribution in [0.1, 0.15) is 33.7 Å². The van der Waals surface area contributed by atoms with E-state index in [0.29, 0.717) is 31.1 Å². The molecule has 2 fully saturated rings. The van der Waals surface area contributed by atoms with Gasteiger partial charge in [0.25, 0.3) is 17.4 Å². The van der Waals surface area contributed by atoms with Gasteiger partial charge in [-0.1, -0.05) is 18.2 Å². The van der Waals surface area contributed by atoms with Crippen molar-refractivity contribution in [2.75, 3.05) is 44.2 Å². The first kappa shape index (κ1) is 21.2. The molecule has 0 bridgehead atoms. The van der Waals surface area contributed by atoms with E-state index in [9.17, 15) is 19.2 Å². The van der Waals surface area contributed by atoms with Crippen molar-refractivity contribution in [2.45, 2.75) is 12.8 Å². The summed E-state index contributed by atoms with van der Waals surface area (Å²) in [5.74, 6) is 0.138. The molecule has 0 spiro atoms. The molecule has 3 aliphatic rings. The zero-order valence-electron chi connectivity index (χ0n) is 18.2. The van der Waals surface area contributed by atoms with E-state index < -0.39 is 17.2 Å². The van der Waals surface area contributed by atoms with Gasteiger partial charge in [-0.15, -0.1) is 0 Å². The van der Waals surface area contributed by atoms with Crippen LogP contribution in [0.4, 0.5) is 5.69 Å². The SMILES string of the molecule is O=C(c1cccc(N2CC=CC2)c1)N1CCCC(C2CN(C(=O)c3n[nH]c(=O)[nH]c3=O)C2)C1. The Morgan fingerprint density at radius 2 is 1.73 bits per heavy atom. The maximum Gasteiger partial charge on any atom is 0.342 e. The average molecular weight is 450 g/mol. The highest BCUT2D eigenvalue weighted by Gasteiger charge is 2.40. The van der Waals surface area contributed by atoms with E-state index in [1.54, 1.807) is 4.90 Å². The summed E-state index contributed by atoms with van der Waals surface area (Å²) >= 11 is 0. The molecule has 2 amide bonds. The zero-order chi connectivity index (χ0) is 22.9. The van der Waals surface area contributed by atoms with Crippen LogP contribution in [-0.2, 0) is 0 Å². The molecule has 1 atom stereocenters. The average Bonchev–Trinajstić information content (AvgIpc) is 3.33. The third-order valence-electron chi connectivity index (χ3n) is 6.80. The number of carbonyl (C=O) groups is 2. The number of piperidine rings is 1. The molecule has 10 nitrogen and oxygen atoms in total. The molecule has 1 unspecified atom stereocenters. The maximum atomic E-state index is 13.2. The summed E-state index contributed by atoms with van der Waals surface area (Å²) in [7, 11) is 0. The van der Waals surface area contributed by atoms with E-state index in [2.05, 4.69) is 27.2 Å². The van der Waals surface area contributed by atoms with Gasteiger partial charge in [-0.2, -0.15) is 5.10 Å². The number of H-pyrrole nitrogens is 2. The van der Waals surface area contributed by atoms with Gasteiger partial charge >= 0.3 is 5.69 Å². The van der Waals surface area contributed by atoms with Crippen molar-refractivity contribution in [3.05, 3.63) is 68.5 Å². The zero-order valence-corrected chi connectivity index (χ0v) is 18.2. The molecule has 4 heterocycles. The molecule has 10 heteroatoms. The number of anilines is 1. The minimum Gasteiger partial charge on any atom is -0.364 e. The molecular weight excluding hydrogens is 424 g/mol. The van der Waals surface area contributed by atoms with E-state index in [4.69, 9.17) is 0 Å². The number of nitrogens with zero attached hydrogens (tertiary/aromatic N) is 4. The van der Waals surface area contributed by atoms with Crippen LogP contribution in [0.25, 0.3) is 0 Å². The van der Waals surface area contributed by atoms with Crippen LogP contribution in [-0.4, -0.2) is 76.1 Å². The standard InChI is InChI=1S/C23H26N6O4/c30-20-19(25-26-23(33)24-20)22(32)29-13-17(14-29)16-6-4-10-28(12-16)21(31)15-5-3-7-18(11-15)27-8-1-2-9-27/h1-3,5,7,11,16-17H,4,6,8-10,12-14H2,(H2,24,26,30,33). The summed E-state index contributed by atoms with van der Waals surface area (Å²) in [6, 6.07) is 7.81. The van der Waals surface area contributed by atoms with Gasteiger partial charge in [-0.3, -0.25) is 19.4 Å². The second-order valence-corrected chi connectivity index (χ2v) is 8.91. The van der Waals surface area contributed by atoms with Gasteiger partial charge < -0.3 is 14.7 Å². The number of carbonyl (C=O) groups excluding carboxylic acids is 2. The molecule has 0 aliphatic carbocycles. The number of aromatic nitrogens is 3. The minimum atomic E-state index is -0.784. The molecule has 0 saturated carbocycles. The van der Waals surface area contributed by atoms with E-state index in [0.717, 1.165) is 38.2 Å². The fourth-order valence-corrected chi connectivity index (χ4v) is 4.91. The lowest BCUT2D eigenvalue weighted by atomic mass is 9.80. The summed E-state index contributed by atoms with van der Waals surface area (Å²) in [4.78, 5) is 56.4. The Balaban J connectivity index is 1.20. The summed E-state index contributed by atoms with van der Waals surface area (Å²) in [6.07, 6.45) is 6.19. The van der Waals surface area contributed by atoms with Gasteiger partial charge in [0.05, 0.1) is 0 Å². The Morgan fingerprint density at radius 1 is 0.970 bits per heavy atom. The number of aromatic amines is 2. The molecule has 3 aliphatic heterocycles. The van der Waals surface area contributed by atoms with Gasteiger partial charge in [-0.05, 0) is 42.9 Å². The molecule has 0 radical (unpaired) electrons. The quantitative estimate of drug-likeness (QED) is 0.653. The van der Waals surface area contributed by atoms with Crippen molar-refractivity contribution < 1.29 is 9.59 Å². The lowest BCUT2D eigenvalue weighted by Gasteiger charge is -2.46. The van der Waals surface area contributed by atoms with Crippen molar-refractivity contribution in [3.8, 4) is 0 Å². The van der Waals surface area contributed by atoms with Gasteiger partial charge in [0.1, 0.15) is 0 Å². The predicted molar refractivity (Wildman–Crippen MR) is 121 cm³/mol. The van der Waals surface area contributed by atoms with Crippen molar-refractivity contribution in [1.29, 1.82) is 0 Å². The topological polar surface area (TPSA) is 122 Å². The van der Waals surface area contributed by atoms with Gasteiger partial charge in [-0.25, -0.2) is 9.89 Å². The molecule has 2 aromatic rings. The minimum absolute atomic E-state index is 0.0462. The number of likely N-dealkylation sites (tertiary alicyclic amines) is 2. The fraction of sp³-hybridized carbons (Fsp3) is 0.435. The first-order valence-electron chi connectivity index (χ1n) is 11.3. The number of hydrogen-bond acceptors (Lipinski definition) is 6. The Morgan fingerprint density at radius 3 is 2.48 bits per heavy atom. The number of amides is 2. The van der Waals surface area contributed by atoms with Crippen molar-refractivity contribution in [2.24, 2.45) is 11.8 Å². The van der Waals surface area contributed by atoms with Crippen molar-refractivity contribution >= 4 is 17.5 Å². The number of hydrogen-bond donors (Lipinski definition) is 2. The molecule has 2 N–H and O–H groups in total. The lowest BCUT2D eigenvalue weighted by molar-refractivity contribution is 0.0182. The highest BCUT2D eigenvalue weighted by atomic mass is 16.2. The monoisotopic (exact) mass is 450 g/mol. The van der Waals surface area contributed by atoms with Crippen LogP contribution in [0.2, 0.25) is 0 Å². The van der Waals surface area contributed by atoms with Gasteiger partial charge in [0.2, 0.25) is 5.69 Å². The Bertz CT molecular complexity index is 1200. The maximum absolute atomic E-state index is 13.2. The first-order chi connectivity index (χ1) is 16.0. The summed E-state index contributed by atoms with van der Waals surface area (Å²) in [5.41, 5.74) is -0.0740. The Kier molecular flexibility index (Phi) is 5.57. The number of nitrogens with one attached hydrogen (secondary N) is 2. The van der Waals surface area contributed by atoms with Crippen molar-refractivity contribution in [1.82, 2.24) is 25.0 Å². The highest BCUT2D eigenvalue weighted by Crippen LogP contribution is 2.32. The molecule has 1 aromatic carbocycles. The normalized spacial score (nSPS) is 20.7. The second-order valence-electron chi connectivity index (χ2n) is 8.91. The molecule has 5 rings (SSSR count). The third-order valence-corrected chi connectivity index (χ3v) is 6.80. The van der Waals surface area contributed by atoms with Crippen molar-refractivity contribution in [3.63, 3.8) is 0 Å². The lowest BCUT2D eigenvalue weighted by Crippen LogP contribution is -2.56. The Labute approximate surface area is 189 Å². The largest absolute Gasteiger partial charge is 0.364 e. The number of rotatable bonds is 4. The van der Waals surface area contributed by atoms with Gasteiger partial charge in [0, 0.05) is 50.5 Å². The highest BCUT2D eigenvalue weighted by molar-refractivity contribution is 5.95. The van der Waals surface area contributed by atoms with Crippen LogP contribution in [0, 0.1) is 11.8 Å². The first-order valence-corrected chi connectivity index (χ1v) is 11.3. The number of benzene rings is 1. The smallest absolute Gasteiger partial charge is 0.342 e. The van der Waals surface area contributed by atoms with Crippen LogP contribution in [0.5, 0.6) is 0 Å². The third kappa shape index (κ3) is 4.20. The Hall–Kier alpha value is -3.69. The molecule has 1 aromatic heterocycles. The molecular formula is C23H26N6O4. The second kappa shape index (κ2) is 8.68. The predicted octanol–water partition coefficient (Wildman–Crippen LogP) is 0.459. The van der Waals surface area contributed by atoms with Gasteiger partial charge in [0.15, 0.2) is 0 Å². The summed E-state index contributed by atoms with van der Waals surface area (Å²) in [6.45, 7) is 4.16. The van der Waals surface area contributed by atoms with Crippen LogP contribution < -0.4 is 16.1 Å². The van der Waals surface area contributed by atoms with E-state index in [-0.39, 0.29) is 17.5 Å². The molecule has 2 saturated heterocycles. The fourth-order valence-electron chi connectivity index (χ4n) is 4.91. The van der Waals surface area contributed by atoms with E-state index >= 15 is 0 Å². The van der Waals surface area contributed by atoms with Crippen LogP contribution in [0.15, 0.2) is 46.0 Å². The summed E-state index contributed by atoms with van der Waals surface area (Å²) < 4.78 is 0.